The van der Waals surface area contributed by atoms with E-state index >= 15 is 0 Å². The zero-order valence-corrected chi connectivity index (χ0v) is 12.5. The van der Waals surface area contributed by atoms with Crippen molar-refractivity contribution in [2.75, 3.05) is 0 Å². The molecule has 0 saturated carbocycles. The zero-order chi connectivity index (χ0) is 15.2. The van der Waals surface area contributed by atoms with E-state index in [-0.39, 0.29) is 0 Å². The molecule has 2 aromatic carbocycles. The summed E-state index contributed by atoms with van der Waals surface area (Å²) in [5.41, 5.74) is 5.17. The highest BCUT2D eigenvalue weighted by atomic mass is 16.3. The van der Waals surface area contributed by atoms with Crippen molar-refractivity contribution >= 4 is 0 Å². The molecule has 0 radical (unpaired) electrons. The van der Waals surface area contributed by atoms with Gasteiger partial charge in [-0.1, -0.05) is 54.6 Å². The predicted octanol–water partition coefficient (Wildman–Crippen LogP) is 3.85. The van der Waals surface area contributed by atoms with Gasteiger partial charge in [0.1, 0.15) is 5.60 Å². The van der Waals surface area contributed by atoms with Crippen LogP contribution in [0.15, 0.2) is 66.9 Å². The van der Waals surface area contributed by atoms with Crippen LogP contribution in [0.1, 0.15) is 22.4 Å². The first-order valence-corrected chi connectivity index (χ1v) is 7.52. The lowest BCUT2D eigenvalue weighted by Gasteiger charge is -2.25. The summed E-state index contributed by atoms with van der Waals surface area (Å²) >= 11 is 0. The maximum Gasteiger partial charge on any atom is 0.121 e. The van der Waals surface area contributed by atoms with Crippen molar-refractivity contribution in [1.82, 2.24) is 4.98 Å². The molecule has 1 aromatic heterocycles. The molecule has 0 fully saturated rings. The van der Waals surface area contributed by atoms with Crippen LogP contribution >= 0.6 is 0 Å². The van der Waals surface area contributed by atoms with Crippen LogP contribution in [0, 0.1) is 6.92 Å². The lowest BCUT2D eigenvalue weighted by Crippen LogP contribution is -2.27. The maximum absolute atomic E-state index is 11.5. The van der Waals surface area contributed by atoms with Crippen LogP contribution < -0.4 is 0 Å². The fourth-order valence-electron chi connectivity index (χ4n) is 3.42. The molecule has 22 heavy (non-hydrogen) atoms. The molecule has 0 aliphatic heterocycles. The summed E-state index contributed by atoms with van der Waals surface area (Å²) in [5, 5.41) is 11.5. The highest BCUT2D eigenvalue weighted by Crippen LogP contribution is 2.48. The molecule has 3 aromatic rings. The fraction of sp³-hybridized carbons (Fsp3) is 0.150. The van der Waals surface area contributed by atoms with Crippen LogP contribution in [-0.4, -0.2) is 10.1 Å². The molecule has 4 rings (SSSR count). The first-order valence-electron chi connectivity index (χ1n) is 7.52. The second-order valence-corrected chi connectivity index (χ2v) is 5.94. The van der Waals surface area contributed by atoms with Gasteiger partial charge in [0.05, 0.1) is 0 Å². The van der Waals surface area contributed by atoms with E-state index in [9.17, 15) is 5.11 Å². The number of aryl methyl sites for hydroxylation is 1. The molecule has 1 heterocycles. The van der Waals surface area contributed by atoms with E-state index < -0.39 is 5.60 Å². The van der Waals surface area contributed by atoms with Gasteiger partial charge in [-0.3, -0.25) is 4.98 Å². The number of rotatable bonds is 2. The van der Waals surface area contributed by atoms with Crippen LogP contribution in [0.4, 0.5) is 0 Å². The molecule has 1 atom stereocenters. The van der Waals surface area contributed by atoms with Crippen LogP contribution in [-0.2, 0) is 12.0 Å². The number of nitrogens with zero attached hydrogens (tertiary/aromatic N) is 1. The van der Waals surface area contributed by atoms with Crippen molar-refractivity contribution in [3.63, 3.8) is 0 Å². The minimum absolute atomic E-state index is 0.558. The Morgan fingerprint density at radius 1 is 0.909 bits per heavy atom. The molecule has 1 N–H and O–H groups in total. The number of aromatic nitrogens is 1. The minimum atomic E-state index is -1.01. The quantitative estimate of drug-likeness (QED) is 0.776. The lowest BCUT2D eigenvalue weighted by atomic mass is 9.86. The monoisotopic (exact) mass is 287 g/mol. The highest BCUT2D eigenvalue weighted by molar-refractivity contribution is 5.80. The number of hydrogen-bond acceptors (Lipinski definition) is 2. The predicted molar refractivity (Wildman–Crippen MR) is 87.6 cm³/mol. The summed E-state index contributed by atoms with van der Waals surface area (Å²) in [5.74, 6) is 0. The standard InChI is InChI=1S/C20H17NO/c1-14-11-17-16-9-5-6-10-18(16)20(22,19(17)13-21-14)12-15-7-3-2-4-8-15/h2-11,13,22H,12H2,1H3. The second-order valence-electron chi connectivity index (χ2n) is 5.94. The van der Waals surface area contributed by atoms with Gasteiger partial charge in [-0.15, -0.1) is 0 Å². The molecule has 0 spiro atoms. The summed E-state index contributed by atoms with van der Waals surface area (Å²) < 4.78 is 0. The van der Waals surface area contributed by atoms with Crippen LogP contribution in [0.3, 0.4) is 0 Å². The third kappa shape index (κ3) is 1.88. The number of aliphatic hydroxyl groups is 1. The Kier molecular flexibility index (Phi) is 2.88. The summed E-state index contributed by atoms with van der Waals surface area (Å²) in [4.78, 5) is 4.41. The zero-order valence-electron chi connectivity index (χ0n) is 12.5. The summed E-state index contributed by atoms with van der Waals surface area (Å²) in [6, 6.07) is 20.3. The molecule has 0 saturated heterocycles. The van der Waals surface area contributed by atoms with Crippen molar-refractivity contribution in [1.29, 1.82) is 0 Å². The first kappa shape index (κ1) is 13.2. The van der Waals surface area contributed by atoms with Gasteiger partial charge in [0.2, 0.25) is 0 Å². The molecule has 108 valence electrons. The molecule has 2 nitrogen and oxygen atoms in total. The van der Waals surface area contributed by atoms with Gasteiger partial charge in [-0.25, -0.2) is 0 Å². The van der Waals surface area contributed by atoms with Gasteiger partial charge in [0, 0.05) is 23.9 Å². The van der Waals surface area contributed by atoms with E-state index in [1.54, 1.807) is 0 Å². The lowest BCUT2D eigenvalue weighted by molar-refractivity contribution is 0.0857. The molecule has 1 aliphatic rings. The molecule has 0 amide bonds. The van der Waals surface area contributed by atoms with Gasteiger partial charge in [0.25, 0.3) is 0 Å². The van der Waals surface area contributed by atoms with Gasteiger partial charge >= 0.3 is 0 Å². The molecule has 1 aliphatic carbocycles. The summed E-state index contributed by atoms with van der Waals surface area (Å²) in [6.07, 6.45) is 2.39. The SMILES string of the molecule is Cc1cc2c(cn1)C(O)(Cc1ccccc1)c1ccccc1-2. The Balaban J connectivity index is 1.93. The van der Waals surface area contributed by atoms with E-state index in [0.717, 1.165) is 33.5 Å². The average Bonchev–Trinajstić information content (AvgIpc) is 2.78. The van der Waals surface area contributed by atoms with E-state index in [2.05, 4.69) is 29.2 Å². The maximum atomic E-state index is 11.5. The fourth-order valence-corrected chi connectivity index (χ4v) is 3.42. The highest BCUT2D eigenvalue weighted by Gasteiger charge is 2.41. The minimum Gasteiger partial charge on any atom is -0.380 e. The molecular weight excluding hydrogens is 270 g/mol. The largest absolute Gasteiger partial charge is 0.380 e. The van der Waals surface area contributed by atoms with E-state index in [4.69, 9.17) is 0 Å². The van der Waals surface area contributed by atoms with Crippen molar-refractivity contribution in [3.05, 3.63) is 89.2 Å². The number of fused-ring (bicyclic) bond motifs is 3. The number of pyridine rings is 1. The third-order valence-electron chi connectivity index (χ3n) is 4.45. The number of hydrogen-bond donors (Lipinski definition) is 1. The Labute approximate surface area is 130 Å². The Morgan fingerprint density at radius 2 is 1.64 bits per heavy atom. The molecule has 1 unspecified atom stereocenters. The van der Waals surface area contributed by atoms with Crippen LogP contribution in [0.2, 0.25) is 0 Å². The summed E-state index contributed by atoms with van der Waals surface area (Å²) in [6.45, 7) is 1.98. The van der Waals surface area contributed by atoms with Crippen LogP contribution in [0.25, 0.3) is 11.1 Å². The van der Waals surface area contributed by atoms with Crippen molar-refractivity contribution < 1.29 is 5.11 Å². The Hall–Kier alpha value is -2.45. The van der Waals surface area contributed by atoms with Gasteiger partial charge in [-0.2, -0.15) is 0 Å². The van der Waals surface area contributed by atoms with Crippen molar-refractivity contribution in [2.24, 2.45) is 0 Å². The van der Waals surface area contributed by atoms with Gasteiger partial charge in [0.15, 0.2) is 0 Å². The first-order chi connectivity index (χ1) is 10.7. The summed E-state index contributed by atoms with van der Waals surface area (Å²) in [7, 11) is 0. The molecule has 0 bridgehead atoms. The number of benzene rings is 2. The third-order valence-corrected chi connectivity index (χ3v) is 4.45. The second kappa shape index (κ2) is 4.79. The van der Waals surface area contributed by atoms with Crippen molar-refractivity contribution in [3.8, 4) is 11.1 Å². The normalized spacial score (nSPS) is 18.8. The molecular formula is C20H17NO. The van der Waals surface area contributed by atoms with E-state index in [0.29, 0.717) is 6.42 Å². The topological polar surface area (TPSA) is 33.1 Å². The Morgan fingerprint density at radius 3 is 2.45 bits per heavy atom. The molecule has 2 heteroatoms. The van der Waals surface area contributed by atoms with Crippen LogP contribution in [0.5, 0.6) is 0 Å². The Bertz CT molecular complexity index is 841. The van der Waals surface area contributed by atoms with Crippen molar-refractivity contribution in [2.45, 2.75) is 18.9 Å². The smallest absolute Gasteiger partial charge is 0.121 e. The van der Waals surface area contributed by atoms with Gasteiger partial charge in [-0.05, 0) is 35.2 Å². The van der Waals surface area contributed by atoms with E-state index in [1.165, 1.54) is 0 Å². The van der Waals surface area contributed by atoms with E-state index in [1.807, 2.05) is 49.5 Å². The van der Waals surface area contributed by atoms with Gasteiger partial charge < -0.3 is 5.11 Å². The average molecular weight is 287 g/mol.